The Morgan fingerprint density at radius 3 is 2.73 bits per heavy atom. The summed E-state index contributed by atoms with van der Waals surface area (Å²) < 4.78 is 18.7. The van der Waals surface area contributed by atoms with Gasteiger partial charge in [-0.3, -0.25) is 0 Å². The molecule has 1 unspecified atom stereocenters. The number of rotatable bonds is 5. The molecule has 2 aliphatic rings. The van der Waals surface area contributed by atoms with Crippen molar-refractivity contribution in [3.63, 3.8) is 0 Å². The molecule has 2 amide bonds. The Morgan fingerprint density at radius 1 is 1.15 bits per heavy atom. The third-order valence-electron chi connectivity index (χ3n) is 6.19. The Hall–Kier alpha value is -3.68. The minimum Gasteiger partial charge on any atom is -0.497 e. The van der Waals surface area contributed by atoms with Crippen LogP contribution < -0.4 is 19.5 Å². The van der Waals surface area contributed by atoms with Gasteiger partial charge in [-0.2, -0.15) is 0 Å². The Bertz CT molecular complexity index is 1140. The first kappa shape index (κ1) is 21.2. The molecule has 2 aliphatic heterocycles. The molecule has 1 N–H and O–H groups in total. The smallest absolute Gasteiger partial charge is 0.322 e. The highest BCUT2D eigenvalue weighted by molar-refractivity contribution is 5.90. The Kier molecular flexibility index (Phi) is 5.81. The van der Waals surface area contributed by atoms with Gasteiger partial charge in [0.25, 0.3) is 0 Å². The van der Waals surface area contributed by atoms with Gasteiger partial charge in [-0.1, -0.05) is 12.1 Å². The van der Waals surface area contributed by atoms with Crippen molar-refractivity contribution >= 4 is 11.7 Å². The summed E-state index contributed by atoms with van der Waals surface area (Å²) in [6, 6.07) is 13.3. The number of nitrogens with one attached hydrogen (secondary N) is 1. The molecule has 0 saturated carbocycles. The number of aryl methyl sites for hydroxylation is 1. The standard InChI is InChI=1S/C25H28N4O4/c1-17-15-26-24(29(17)16-18-5-8-20(31-2)9-6-18)21-4-3-11-28(21)25(30)27-19-7-10-22-23(14-19)33-13-12-32-22/h5-10,14-15,21H,3-4,11-13,16H2,1-2H3,(H,27,30). The molecular formula is C25H28N4O4. The van der Waals surface area contributed by atoms with Gasteiger partial charge in [0, 0.05) is 36.7 Å². The molecular weight excluding hydrogens is 420 g/mol. The molecule has 0 spiro atoms. The van der Waals surface area contributed by atoms with E-state index in [0.717, 1.165) is 35.7 Å². The molecule has 3 heterocycles. The van der Waals surface area contributed by atoms with Crippen molar-refractivity contribution in [2.45, 2.75) is 32.4 Å². The maximum Gasteiger partial charge on any atom is 0.322 e. The van der Waals surface area contributed by atoms with E-state index >= 15 is 0 Å². The van der Waals surface area contributed by atoms with E-state index in [1.54, 1.807) is 7.11 Å². The van der Waals surface area contributed by atoms with Gasteiger partial charge in [0.15, 0.2) is 11.5 Å². The molecule has 0 radical (unpaired) electrons. The van der Waals surface area contributed by atoms with Gasteiger partial charge in [-0.05, 0) is 49.6 Å². The fourth-order valence-corrected chi connectivity index (χ4v) is 4.46. The van der Waals surface area contributed by atoms with Crippen molar-refractivity contribution in [1.82, 2.24) is 14.5 Å². The molecule has 1 fully saturated rings. The second-order valence-corrected chi connectivity index (χ2v) is 8.33. The van der Waals surface area contributed by atoms with Crippen LogP contribution >= 0.6 is 0 Å². The maximum absolute atomic E-state index is 13.2. The van der Waals surface area contributed by atoms with Gasteiger partial charge in [-0.25, -0.2) is 9.78 Å². The second-order valence-electron chi connectivity index (χ2n) is 8.33. The van der Waals surface area contributed by atoms with Crippen molar-refractivity contribution in [2.75, 3.05) is 32.2 Å². The topological polar surface area (TPSA) is 77.9 Å². The number of methoxy groups -OCH3 is 1. The number of aromatic nitrogens is 2. The Balaban J connectivity index is 1.33. The van der Waals surface area contributed by atoms with Crippen molar-refractivity contribution in [2.24, 2.45) is 0 Å². The third-order valence-corrected chi connectivity index (χ3v) is 6.19. The quantitative estimate of drug-likeness (QED) is 0.626. The van der Waals surface area contributed by atoms with Crippen LogP contribution in [-0.2, 0) is 6.54 Å². The summed E-state index contributed by atoms with van der Waals surface area (Å²) in [5.74, 6) is 3.11. The number of carbonyl (C=O) groups excluding carboxylic acids is 1. The van der Waals surface area contributed by atoms with Crippen LogP contribution in [0, 0.1) is 6.92 Å². The minimum atomic E-state index is -0.133. The molecule has 1 atom stereocenters. The molecule has 2 aromatic carbocycles. The predicted octanol–water partition coefficient (Wildman–Crippen LogP) is 4.39. The number of amides is 2. The van der Waals surface area contributed by atoms with Gasteiger partial charge in [0.05, 0.1) is 13.2 Å². The normalized spacial score (nSPS) is 17.2. The summed E-state index contributed by atoms with van der Waals surface area (Å²) in [7, 11) is 1.66. The van der Waals surface area contributed by atoms with Crippen molar-refractivity contribution < 1.29 is 19.0 Å². The average molecular weight is 449 g/mol. The number of anilines is 1. The lowest BCUT2D eigenvalue weighted by Gasteiger charge is -2.26. The number of benzene rings is 2. The molecule has 0 aliphatic carbocycles. The fourth-order valence-electron chi connectivity index (χ4n) is 4.46. The highest BCUT2D eigenvalue weighted by atomic mass is 16.6. The largest absolute Gasteiger partial charge is 0.497 e. The van der Waals surface area contributed by atoms with Crippen LogP contribution in [0.25, 0.3) is 0 Å². The molecule has 1 aromatic heterocycles. The average Bonchev–Trinajstić information content (AvgIpc) is 3.46. The lowest BCUT2D eigenvalue weighted by Crippen LogP contribution is -2.35. The van der Waals surface area contributed by atoms with Crippen LogP contribution in [-0.4, -0.2) is 47.4 Å². The summed E-state index contributed by atoms with van der Waals surface area (Å²) in [5, 5.41) is 3.02. The maximum atomic E-state index is 13.2. The van der Waals surface area contributed by atoms with Crippen LogP contribution in [0.2, 0.25) is 0 Å². The third kappa shape index (κ3) is 4.33. The molecule has 0 bridgehead atoms. The SMILES string of the molecule is COc1ccc(Cn2c(C)cnc2C2CCCN2C(=O)Nc2ccc3c(c2)OCCO3)cc1. The second kappa shape index (κ2) is 9.05. The monoisotopic (exact) mass is 448 g/mol. The highest BCUT2D eigenvalue weighted by Crippen LogP contribution is 2.35. The van der Waals surface area contributed by atoms with Crippen LogP contribution in [0.15, 0.2) is 48.7 Å². The number of fused-ring (bicyclic) bond motifs is 1. The molecule has 5 rings (SSSR count). The number of carbonyl (C=O) groups is 1. The lowest BCUT2D eigenvalue weighted by molar-refractivity contribution is 0.171. The molecule has 172 valence electrons. The van der Waals surface area contributed by atoms with Crippen molar-refractivity contribution in [1.29, 1.82) is 0 Å². The summed E-state index contributed by atoms with van der Waals surface area (Å²) in [6.07, 6.45) is 3.70. The molecule has 8 nitrogen and oxygen atoms in total. The molecule has 33 heavy (non-hydrogen) atoms. The van der Waals surface area contributed by atoms with E-state index in [9.17, 15) is 4.79 Å². The zero-order valence-corrected chi connectivity index (χ0v) is 18.9. The highest BCUT2D eigenvalue weighted by Gasteiger charge is 2.33. The van der Waals surface area contributed by atoms with Gasteiger partial charge >= 0.3 is 6.03 Å². The zero-order valence-electron chi connectivity index (χ0n) is 18.9. The number of likely N-dealkylation sites (tertiary alicyclic amines) is 1. The summed E-state index contributed by atoms with van der Waals surface area (Å²) >= 11 is 0. The number of nitrogens with zero attached hydrogens (tertiary/aromatic N) is 3. The van der Waals surface area contributed by atoms with E-state index in [4.69, 9.17) is 19.2 Å². The summed E-state index contributed by atoms with van der Waals surface area (Å²) in [6.45, 7) is 4.48. The Labute approximate surface area is 193 Å². The first-order valence-electron chi connectivity index (χ1n) is 11.2. The van der Waals surface area contributed by atoms with E-state index in [2.05, 4.69) is 28.9 Å². The van der Waals surface area contributed by atoms with Crippen LogP contribution in [0.4, 0.5) is 10.5 Å². The van der Waals surface area contributed by atoms with Crippen LogP contribution in [0.5, 0.6) is 17.2 Å². The Morgan fingerprint density at radius 2 is 1.94 bits per heavy atom. The van der Waals surface area contributed by atoms with Gasteiger partial charge < -0.3 is 29.0 Å². The first-order chi connectivity index (χ1) is 16.1. The molecule has 1 saturated heterocycles. The van der Waals surface area contributed by atoms with E-state index in [1.165, 1.54) is 0 Å². The molecule has 8 heteroatoms. The zero-order chi connectivity index (χ0) is 22.8. The van der Waals surface area contributed by atoms with Crippen molar-refractivity contribution in [3.8, 4) is 17.2 Å². The van der Waals surface area contributed by atoms with E-state index in [0.29, 0.717) is 43.5 Å². The number of hydrogen-bond donors (Lipinski definition) is 1. The summed E-state index contributed by atoms with van der Waals surface area (Å²) in [5.41, 5.74) is 2.91. The van der Waals surface area contributed by atoms with E-state index < -0.39 is 0 Å². The number of hydrogen-bond acceptors (Lipinski definition) is 5. The number of urea groups is 1. The fraction of sp³-hybridized carbons (Fsp3) is 0.360. The minimum absolute atomic E-state index is 0.0749. The van der Waals surface area contributed by atoms with Gasteiger partial charge in [0.2, 0.25) is 0 Å². The number of imidazole rings is 1. The molecule has 3 aromatic rings. The first-order valence-corrected chi connectivity index (χ1v) is 11.2. The lowest BCUT2D eigenvalue weighted by atomic mass is 10.1. The van der Waals surface area contributed by atoms with Crippen LogP contribution in [0.1, 0.15) is 36.0 Å². The predicted molar refractivity (Wildman–Crippen MR) is 124 cm³/mol. The van der Waals surface area contributed by atoms with E-state index in [1.807, 2.05) is 41.4 Å². The number of ether oxygens (including phenoxy) is 3. The summed E-state index contributed by atoms with van der Waals surface area (Å²) in [4.78, 5) is 19.8. The van der Waals surface area contributed by atoms with Crippen molar-refractivity contribution in [3.05, 3.63) is 65.7 Å². The van der Waals surface area contributed by atoms with Gasteiger partial charge in [0.1, 0.15) is 24.8 Å². The van der Waals surface area contributed by atoms with Gasteiger partial charge in [-0.15, -0.1) is 0 Å². The van der Waals surface area contributed by atoms with E-state index in [-0.39, 0.29) is 12.1 Å². The van der Waals surface area contributed by atoms with Crippen LogP contribution in [0.3, 0.4) is 0 Å².